The van der Waals surface area contributed by atoms with Crippen molar-refractivity contribution in [2.75, 3.05) is 18.5 Å². The molecule has 0 unspecified atom stereocenters. The predicted octanol–water partition coefficient (Wildman–Crippen LogP) is 5.37. The van der Waals surface area contributed by atoms with E-state index in [1.807, 2.05) is 13.8 Å². The van der Waals surface area contributed by atoms with E-state index in [0.29, 0.717) is 6.07 Å². The fraction of sp³-hybridized carbons (Fsp3) is 0.261. The van der Waals surface area contributed by atoms with Crippen LogP contribution in [0.25, 0.3) is 5.69 Å². The van der Waals surface area contributed by atoms with Crippen molar-refractivity contribution in [3.8, 4) is 11.6 Å². The Morgan fingerprint density at radius 1 is 1.12 bits per heavy atom. The molecule has 0 bridgehead atoms. The number of rotatable bonds is 8. The van der Waals surface area contributed by atoms with Crippen LogP contribution in [0.15, 0.2) is 54.6 Å². The third-order valence-corrected chi connectivity index (χ3v) is 4.69. The molecule has 0 fully saturated rings. The molecule has 0 atom stereocenters. The number of hydrogen-bond donors (Lipinski definition) is 1. The first kappa shape index (κ1) is 25.1. The van der Waals surface area contributed by atoms with E-state index in [0.717, 1.165) is 4.68 Å². The number of aromatic nitrogens is 2. The maximum absolute atomic E-state index is 13.2. The highest BCUT2D eigenvalue weighted by Gasteiger charge is 2.36. The van der Waals surface area contributed by atoms with Gasteiger partial charge >= 0.3 is 12.1 Å². The molecule has 3 rings (SSSR count). The molecule has 0 saturated heterocycles. The summed E-state index contributed by atoms with van der Waals surface area (Å²) >= 11 is 6.10. The number of hydrogen-bond acceptors (Lipinski definition) is 5. The van der Waals surface area contributed by atoms with Crippen LogP contribution in [0.4, 0.5) is 18.9 Å². The molecule has 11 heteroatoms. The van der Waals surface area contributed by atoms with Crippen LogP contribution in [0, 0.1) is 5.92 Å². The zero-order valence-corrected chi connectivity index (χ0v) is 19.0. The molecular weight excluding hydrogens is 475 g/mol. The SMILES string of the molecule is CC(C)COC(=O)c1ccccc1NC(=O)COc1cc(C(F)(F)F)nn1-c1ccccc1Cl. The second-order valence-corrected chi connectivity index (χ2v) is 8.01. The highest BCUT2D eigenvalue weighted by molar-refractivity contribution is 6.32. The van der Waals surface area contributed by atoms with Gasteiger partial charge in [0.1, 0.15) is 0 Å². The van der Waals surface area contributed by atoms with Crippen molar-refractivity contribution in [3.05, 3.63) is 70.9 Å². The zero-order chi connectivity index (χ0) is 24.9. The molecule has 7 nitrogen and oxygen atoms in total. The number of esters is 1. The van der Waals surface area contributed by atoms with Crippen LogP contribution in [-0.2, 0) is 15.7 Å². The van der Waals surface area contributed by atoms with Crippen LogP contribution in [0.3, 0.4) is 0 Å². The van der Waals surface area contributed by atoms with Crippen molar-refractivity contribution < 1.29 is 32.2 Å². The lowest BCUT2D eigenvalue weighted by Gasteiger charge is -2.13. The summed E-state index contributed by atoms with van der Waals surface area (Å²) in [4.78, 5) is 24.8. The number of ether oxygens (including phenoxy) is 2. The van der Waals surface area contributed by atoms with Crippen LogP contribution in [0.5, 0.6) is 5.88 Å². The Balaban J connectivity index is 1.77. The highest BCUT2D eigenvalue weighted by atomic mass is 35.5. The van der Waals surface area contributed by atoms with Crippen molar-refractivity contribution in [1.29, 1.82) is 0 Å². The lowest BCUT2D eigenvalue weighted by molar-refractivity contribution is -0.141. The monoisotopic (exact) mass is 495 g/mol. The Bertz CT molecular complexity index is 1180. The number of nitrogens with one attached hydrogen (secondary N) is 1. The van der Waals surface area contributed by atoms with E-state index in [4.69, 9.17) is 21.1 Å². The molecule has 0 radical (unpaired) electrons. The normalized spacial score (nSPS) is 11.4. The molecule has 1 aromatic heterocycles. The van der Waals surface area contributed by atoms with E-state index in [-0.39, 0.29) is 40.4 Å². The zero-order valence-electron chi connectivity index (χ0n) is 18.2. The average Bonchev–Trinajstić information content (AvgIpc) is 3.21. The summed E-state index contributed by atoms with van der Waals surface area (Å²) in [6, 6.07) is 13.0. The minimum Gasteiger partial charge on any atom is -0.467 e. The molecule has 0 saturated carbocycles. The summed E-state index contributed by atoms with van der Waals surface area (Å²) in [5, 5.41) is 6.19. The molecule has 0 aliphatic heterocycles. The van der Waals surface area contributed by atoms with Crippen molar-refractivity contribution in [2.45, 2.75) is 20.0 Å². The molecule has 0 spiro atoms. The highest BCUT2D eigenvalue weighted by Crippen LogP contribution is 2.33. The Morgan fingerprint density at radius 3 is 2.47 bits per heavy atom. The van der Waals surface area contributed by atoms with Crippen molar-refractivity contribution >= 4 is 29.2 Å². The number of halogens is 4. The van der Waals surface area contributed by atoms with Gasteiger partial charge in [0.2, 0.25) is 5.88 Å². The van der Waals surface area contributed by atoms with Gasteiger partial charge < -0.3 is 14.8 Å². The van der Waals surface area contributed by atoms with Gasteiger partial charge in [-0.15, -0.1) is 0 Å². The van der Waals surface area contributed by atoms with E-state index >= 15 is 0 Å². The Morgan fingerprint density at radius 2 is 1.79 bits per heavy atom. The smallest absolute Gasteiger partial charge is 0.435 e. The number of carbonyl (C=O) groups excluding carboxylic acids is 2. The molecule has 2 aromatic carbocycles. The van der Waals surface area contributed by atoms with Gasteiger partial charge in [-0.25, -0.2) is 4.79 Å². The molecule has 0 aliphatic rings. The Labute approximate surface area is 198 Å². The standard InChI is InChI=1S/C23H21ClF3N3O4/c1-14(2)12-34-22(32)15-7-3-5-9-17(15)28-20(31)13-33-21-11-19(23(25,26)27)29-30(21)18-10-6-4-8-16(18)24/h3-11,14H,12-13H2,1-2H3,(H,28,31). The summed E-state index contributed by atoms with van der Waals surface area (Å²) in [6.45, 7) is 3.33. The van der Waals surface area contributed by atoms with Gasteiger partial charge in [0.25, 0.3) is 5.91 Å². The van der Waals surface area contributed by atoms with Gasteiger partial charge in [0.05, 0.1) is 28.6 Å². The topological polar surface area (TPSA) is 82.4 Å². The molecule has 1 amide bonds. The predicted molar refractivity (Wildman–Crippen MR) is 119 cm³/mol. The summed E-state index contributed by atoms with van der Waals surface area (Å²) < 4.78 is 51.1. The Kier molecular flexibility index (Phi) is 7.83. The molecule has 1 heterocycles. The number of anilines is 1. The summed E-state index contributed by atoms with van der Waals surface area (Å²) in [7, 11) is 0. The van der Waals surface area contributed by atoms with Crippen LogP contribution in [0.2, 0.25) is 5.02 Å². The quantitative estimate of drug-likeness (QED) is 0.424. The number of para-hydroxylation sites is 2. The van der Waals surface area contributed by atoms with Gasteiger partial charge in [0, 0.05) is 6.07 Å². The molecule has 180 valence electrons. The minimum absolute atomic E-state index is 0.128. The van der Waals surface area contributed by atoms with E-state index in [2.05, 4.69) is 10.4 Å². The molecule has 1 N–H and O–H groups in total. The van der Waals surface area contributed by atoms with Crippen LogP contribution in [0.1, 0.15) is 29.9 Å². The summed E-state index contributed by atoms with van der Waals surface area (Å²) in [5.41, 5.74) is -0.744. The fourth-order valence-corrected chi connectivity index (χ4v) is 3.03. The van der Waals surface area contributed by atoms with Gasteiger partial charge in [-0.05, 0) is 30.2 Å². The maximum Gasteiger partial charge on any atom is 0.435 e. The Hall–Kier alpha value is -3.53. The molecular formula is C23H21ClF3N3O4. The maximum atomic E-state index is 13.2. The molecule has 34 heavy (non-hydrogen) atoms. The first-order chi connectivity index (χ1) is 16.1. The average molecular weight is 496 g/mol. The number of alkyl halides is 3. The second kappa shape index (κ2) is 10.6. The minimum atomic E-state index is -4.73. The number of benzene rings is 2. The van der Waals surface area contributed by atoms with Crippen LogP contribution in [-0.4, -0.2) is 34.9 Å². The van der Waals surface area contributed by atoms with E-state index in [9.17, 15) is 22.8 Å². The lowest BCUT2D eigenvalue weighted by atomic mass is 10.1. The van der Waals surface area contributed by atoms with Gasteiger partial charge in [-0.1, -0.05) is 49.7 Å². The van der Waals surface area contributed by atoms with Gasteiger partial charge in [-0.3, -0.25) is 4.79 Å². The molecule has 0 aliphatic carbocycles. The number of nitrogens with zero attached hydrogens (tertiary/aromatic N) is 2. The lowest BCUT2D eigenvalue weighted by Crippen LogP contribution is -2.23. The van der Waals surface area contributed by atoms with Crippen molar-refractivity contribution in [2.24, 2.45) is 5.92 Å². The van der Waals surface area contributed by atoms with Crippen LogP contribution < -0.4 is 10.1 Å². The fourth-order valence-electron chi connectivity index (χ4n) is 2.82. The third-order valence-electron chi connectivity index (χ3n) is 4.37. The van der Waals surface area contributed by atoms with Crippen molar-refractivity contribution in [1.82, 2.24) is 9.78 Å². The third kappa shape index (κ3) is 6.28. The first-order valence-electron chi connectivity index (χ1n) is 10.2. The van der Waals surface area contributed by atoms with Crippen molar-refractivity contribution in [3.63, 3.8) is 0 Å². The van der Waals surface area contributed by atoms with Gasteiger partial charge in [0.15, 0.2) is 12.3 Å². The number of amides is 1. The summed E-state index contributed by atoms with van der Waals surface area (Å²) in [5.74, 6) is -1.52. The first-order valence-corrected chi connectivity index (χ1v) is 10.5. The summed E-state index contributed by atoms with van der Waals surface area (Å²) in [6.07, 6.45) is -4.73. The van der Waals surface area contributed by atoms with E-state index in [1.165, 1.54) is 24.3 Å². The molecule has 3 aromatic rings. The van der Waals surface area contributed by atoms with E-state index < -0.39 is 30.4 Å². The second-order valence-electron chi connectivity index (χ2n) is 7.60. The van der Waals surface area contributed by atoms with Crippen LogP contribution >= 0.6 is 11.6 Å². The van der Waals surface area contributed by atoms with E-state index in [1.54, 1.807) is 24.3 Å². The largest absolute Gasteiger partial charge is 0.467 e. The number of carbonyl (C=O) groups is 2. The van der Waals surface area contributed by atoms with Gasteiger partial charge in [-0.2, -0.15) is 23.0 Å².